The molecule has 2 rings (SSSR count). The van der Waals surface area contributed by atoms with Crippen LogP contribution in [0.4, 0.5) is 4.39 Å². The molecule has 0 radical (unpaired) electrons. The van der Waals surface area contributed by atoms with Gasteiger partial charge in [-0.15, -0.1) is 0 Å². The van der Waals surface area contributed by atoms with Gasteiger partial charge in [-0.1, -0.05) is 0 Å². The minimum absolute atomic E-state index is 0.110. The Kier molecular flexibility index (Phi) is 4.84. The molecular formula is C15H18FNO3. The Morgan fingerprint density at radius 2 is 2.00 bits per heavy atom. The van der Waals surface area contributed by atoms with E-state index in [1.807, 2.05) is 0 Å². The Morgan fingerprint density at radius 1 is 1.35 bits per heavy atom. The van der Waals surface area contributed by atoms with E-state index in [-0.39, 0.29) is 24.0 Å². The molecule has 1 unspecified atom stereocenters. The third kappa shape index (κ3) is 4.13. The second-order valence-corrected chi connectivity index (χ2v) is 4.98. The summed E-state index contributed by atoms with van der Waals surface area (Å²) in [5.41, 5.74) is 0.453. The number of nitrogens with one attached hydrogen (secondary N) is 1. The summed E-state index contributed by atoms with van der Waals surface area (Å²) in [7, 11) is 1.33. The first-order valence-electron chi connectivity index (χ1n) is 6.73. The maximum absolute atomic E-state index is 12.9. The largest absolute Gasteiger partial charge is 0.469 e. The molecule has 0 aliphatic heterocycles. The number of Topliss-reactive ketones (excluding diaryl/α,β-unsaturated/α-hetero) is 1. The number of carbonyl (C=O) groups excluding carboxylic acids is 2. The van der Waals surface area contributed by atoms with E-state index < -0.39 is 6.04 Å². The fourth-order valence-electron chi connectivity index (χ4n) is 2.00. The number of rotatable bonds is 7. The third-order valence-corrected chi connectivity index (χ3v) is 3.32. The lowest BCUT2D eigenvalue weighted by atomic mass is 10.00. The van der Waals surface area contributed by atoms with Crippen LogP contribution >= 0.6 is 0 Å². The van der Waals surface area contributed by atoms with Crippen LogP contribution in [0.15, 0.2) is 24.3 Å². The van der Waals surface area contributed by atoms with Crippen molar-refractivity contribution >= 4 is 11.8 Å². The third-order valence-electron chi connectivity index (χ3n) is 3.32. The first-order chi connectivity index (χ1) is 9.60. The Labute approximate surface area is 117 Å². The number of halogens is 1. The Hall–Kier alpha value is -1.75. The molecule has 1 aliphatic carbocycles. The fourth-order valence-corrected chi connectivity index (χ4v) is 2.00. The quantitative estimate of drug-likeness (QED) is 0.613. The molecule has 5 heteroatoms. The minimum atomic E-state index is -0.424. The standard InChI is InChI=1S/C15H18FNO3/c1-20-14(18)9-8-13(17-12-6-7-12)15(19)10-2-4-11(16)5-3-10/h2-5,12-13,17H,6-9H2,1H3. The van der Waals surface area contributed by atoms with Gasteiger partial charge in [0.25, 0.3) is 0 Å². The highest BCUT2D eigenvalue weighted by Gasteiger charge is 2.29. The van der Waals surface area contributed by atoms with Gasteiger partial charge in [0.1, 0.15) is 5.82 Å². The van der Waals surface area contributed by atoms with E-state index in [4.69, 9.17) is 0 Å². The van der Waals surface area contributed by atoms with Crippen molar-refractivity contribution in [2.45, 2.75) is 37.8 Å². The van der Waals surface area contributed by atoms with Crippen molar-refractivity contribution in [3.05, 3.63) is 35.6 Å². The van der Waals surface area contributed by atoms with E-state index in [0.717, 1.165) is 12.8 Å². The Bertz CT molecular complexity index is 482. The van der Waals surface area contributed by atoms with Gasteiger partial charge in [0.15, 0.2) is 5.78 Å². The SMILES string of the molecule is COC(=O)CCC(NC1CC1)C(=O)c1ccc(F)cc1. The number of ketones is 1. The number of ether oxygens (including phenoxy) is 1. The predicted molar refractivity (Wildman–Crippen MR) is 71.9 cm³/mol. The summed E-state index contributed by atoms with van der Waals surface area (Å²) in [5, 5.41) is 3.23. The summed E-state index contributed by atoms with van der Waals surface area (Å²) < 4.78 is 17.5. The van der Waals surface area contributed by atoms with Crippen molar-refractivity contribution < 1.29 is 18.7 Å². The molecule has 0 aromatic heterocycles. The molecule has 1 aliphatic rings. The average Bonchev–Trinajstić information content (AvgIpc) is 3.27. The lowest BCUT2D eigenvalue weighted by molar-refractivity contribution is -0.140. The van der Waals surface area contributed by atoms with Crippen LogP contribution in [0.3, 0.4) is 0 Å². The zero-order valence-electron chi connectivity index (χ0n) is 11.4. The van der Waals surface area contributed by atoms with Crippen LogP contribution in [-0.4, -0.2) is 30.9 Å². The summed E-state index contributed by atoms with van der Waals surface area (Å²) in [6, 6.07) is 5.40. The first-order valence-corrected chi connectivity index (χ1v) is 6.73. The Balaban J connectivity index is 2.02. The first kappa shape index (κ1) is 14.7. The molecule has 0 spiro atoms. The maximum atomic E-state index is 12.9. The monoisotopic (exact) mass is 279 g/mol. The zero-order valence-corrected chi connectivity index (χ0v) is 11.4. The van der Waals surface area contributed by atoms with Gasteiger partial charge in [-0.2, -0.15) is 0 Å². The second kappa shape index (κ2) is 6.61. The van der Waals surface area contributed by atoms with Gasteiger partial charge in [0.05, 0.1) is 13.2 Å². The van der Waals surface area contributed by atoms with Gasteiger partial charge in [-0.05, 0) is 43.5 Å². The molecule has 1 saturated carbocycles. The molecular weight excluding hydrogens is 261 g/mol. The number of methoxy groups -OCH3 is 1. The molecule has 0 heterocycles. The highest BCUT2D eigenvalue weighted by Crippen LogP contribution is 2.21. The van der Waals surface area contributed by atoms with Gasteiger partial charge in [0.2, 0.25) is 0 Å². The van der Waals surface area contributed by atoms with Gasteiger partial charge in [-0.3, -0.25) is 9.59 Å². The van der Waals surface area contributed by atoms with E-state index in [2.05, 4.69) is 10.1 Å². The highest BCUT2D eigenvalue weighted by atomic mass is 19.1. The topological polar surface area (TPSA) is 55.4 Å². The van der Waals surface area contributed by atoms with Crippen LogP contribution < -0.4 is 5.32 Å². The molecule has 4 nitrogen and oxygen atoms in total. The van der Waals surface area contributed by atoms with E-state index in [1.54, 1.807) is 0 Å². The number of esters is 1. The molecule has 0 bridgehead atoms. The summed E-state index contributed by atoms with van der Waals surface area (Å²) in [6.07, 6.45) is 2.67. The zero-order chi connectivity index (χ0) is 14.5. The molecule has 1 N–H and O–H groups in total. The van der Waals surface area contributed by atoms with Crippen LogP contribution in [-0.2, 0) is 9.53 Å². The van der Waals surface area contributed by atoms with Gasteiger partial charge in [-0.25, -0.2) is 4.39 Å². The van der Waals surface area contributed by atoms with Crippen molar-refractivity contribution in [1.29, 1.82) is 0 Å². The summed E-state index contributed by atoms with van der Waals surface area (Å²) >= 11 is 0. The summed E-state index contributed by atoms with van der Waals surface area (Å²) in [5.74, 6) is -0.817. The van der Waals surface area contributed by atoms with Gasteiger partial charge >= 0.3 is 5.97 Å². The van der Waals surface area contributed by atoms with Gasteiger partial charge in [0, 0.05) is 18.0 Å². The summed E-state index contributed by atoms with van der Waals surface area (Å²) in [4.78, 5) is 23.6. The lowest BCUT2D eigenvalue weighted by Gasteiger charge is -2.17. The molecule has 20 heavy (non-hydrogen) atoms. The average molecular weight is 279 g/mol. The molecule has 1 atom stereocenters. The van der Waals surface area contributed by atoms with Crippen LogP contribution in [0.5, 0.6) is 0 Å². The molecule has 0 saturated heterocycles. The van der Waals surface area contributed by atoms with Crippen molar-refractivity contribution in [2.24, 2.45) is 0 Å². The van der Waals surface area contributed by atoms with Crippen LogP contribution in [0, 0.1) is 5.82 Å². The molecule has 1 aromatic carbocycles. The minimum Gasteiger partial charge on any atom is -0.469 e. The molecule has 1 aromatic rings. The molecule has 1 fully saturated rings. The summed E-state index contributed by atoms with van der Waals surface area (Å²) in [6.45, 7) is 0. The second-order valence-electron chi connectivity index (χ2n) is 4.98. The molecule has 108 valence electrons. The Morgan fingerprint density at radius 3 is 2.55 bits per heavy atom. The van der Waals surface area contributed by atoms with E-state index in [0.29, 0.717) is 18.0 Å². The highest BCUT2D eigenvalue weighted by molar-refractivity contribution is 6.00. The van der Waals surface area contributed by atoms with E-state index in [9.17, 15) is 14.0 Å². The fraction of sp³-hybridized carbons (Fsp3) is 0.467. The van der Waals surface area contributed by atoms with Crippen LogP contribution in [0.1, 0.15) is 36.0 Å². The van der Waals surface area contributed by atoms with Crippen LogP contribution in [0.25, 0.3) is 0 Å². The number of hydrogen-bond donors (Lipinski definition) is 1. The molecule has 0 amide bonds. The van der Waals surface area contributed by atoms with E-state index in [1.165, 1.54) is 31.4 Å². The van der Waals surface area contributed by atoms with E-state index >= 15 is 0 Å². The van der Waals surface area contributed by atoms with Crippen molar-refractivity contribution in [2.75, 3.05) is 7.11 Å². The maximum Gasteiger partial charge on any atom is 0.305 e. The smallest absolute Gasteiger partial charge is 0.305 e. The number of benzene rings is 1. The van der Waals surface area contributed by atoms with Crippen molar-refractivity contribution in [1.82, 2.24) is 5.32 Å². The van der Waals surface area contributed by atoms with Crippen LogP contribution in [0.2, 0.25) is 0 Å². The normalized spacial score (nSPS) is 15.7. The number of hydrogen-bond acceptors (Lipinski definition) is 4. The van der Waals surface area contributed by atoms with Crippen molar-refractivity contribution in [3.8, 4) is 0 Å². The van der Waals surface area contributed by atoms with Crippen molar-refractivity contribution in [3.63, 3.8) is 0 Å². The number of carbonyl (C=O) groups is 2. The van der Waals surface area contributed by atoms with Gasteiger partial charge < -0.3 is 10.1 Å². The lowest BCUT2D eigenvalue weighted by Crippen LogP contribution is -2.38. The predicted octanol–water partition coefficient (Wildman–Crippen LogP) is 2.08.